The summed E-state index contributed by atoms with van der Waals surface area (Å²) in [5.74, 6) is 2.12. The quantitative estimate of drug-likeness (QED) is 0.220. The molecular formula is C41H48O2. The molecule has 0 bridgehead atoms. The van der Waals surface area contributed by atoms with Gasteiger partial charge in [-0.1, -0.05) is 125 Å². The van der Waals surface area contributed by atoms with E-state index >= 15 is 0 Å². The molecule has 2 unspecified atom stereocenters. The first-order valence-electron chi connectivity index (χ1n) is 16.8. The Bertz CT molecular complexity index is 1380. The SMILES string of the molecule is CC(c1ccccc1)c1cc(Cc2cc(O)c(C3CCCCC3)c(C(C)c3ccccc3)c2)cc(O)c1C1CCCCC1. The molecule has 43 heavy (non-hydrogen) atoms. The highest BCUT2D eigenvalue weighted by Gasteiger charge is 2.27. The lowest BCUT2D eigenvalue weighted by Crippen LogP contribution is -2.12. The molecular weight excluding hydrogens is 524 g/mol. The molecule has 0 radical (unpaired) electrons. The van der Waals surface area contributed by atoms with Crippen molar-refractivity contribution in [3.05, 3.63) is 129 Å². The summed E-state index contributed by atoms with van der Waals surface area (Å²) >= 11 is 0. The van der Waals surface area contributed by atoms with Crippen LogP contribution in [0.5, 0.6) is 11.5 Å². The Labute approximate surface area is 258 Å². The maximum absolute atomic E-state index is 11.6. The van der Waals surface area contributed by atoms with Crippen LogP contribution in [0.2, 0.25) is 0 Å². The standard InChI is InChI=1S/C41H48O2/c1-28(32-15-7-3-8-16-32)36-24-30(26-38(42)40(36)34-19-11-5-12-20-34)23-31-25-37(29(2)33-17-9-4-10-18-33)41(39(43)27-31)35-21-13-6-14-22-35/h3-4,7-10,15-18,24-29,34-35,42-43H,5-6,11-14,19-23H2,1-2H3. The fraction of sp³-hybridized carbons (Fsp3) is 0.415. The Kier molecular flexibility index (Phi) is 9.22. The van der Waals surface area contributed by atoms with Crippen molar-refractivity contribution in [2.75, 3.05) is 0 Å². The second-order valence-electron chi connectivity index (χ2n) is 13.3. The van der Waals surface area contributed by atoms with Gasteiger partial charge >= 0.3 is 0 Å². The lowest BCUT2D eigenvalue weighted by molar-refractivity contribution is 0.410. The summed E-state index contributed by atoms with van der Waals surface area (Å²) in [7, 11) is 0. The second kappa shape index (κ2) is 13.4. The highest BCUT2D eigenvalue weighted by molar-refractivity contribution is 5.53. The summed E-state index contributed by atoms with van der Waals surface area (Å²) in [6.07, 6.45) is 12.8. The number of hydrogen-bond donors (Lipinski definition) is 2. The van der Waals surface area contributed by atoms with Gasteiger partial charge in [0, 0.05) is 23.0 Å². The third kappa shape index (κ3) is 6.54. The fourth-order valence-electron chi connectivity index (χ4n) is 8.11. The first kappa shape index (κ1) is 29.5. The minimum atomic E-state index is 0.194. The van der Waals surface area contributed by atoms with Gasteiger partial charge in [0.2, 0.25) is 0 Å². The fourth-order valence-corrected chi connectivity index (χ4v) is 8.11. The number of hydrogen-bond acceptors (Lipinski definition) is 2. The Morgan fingerprint density at radius 3 is 1.28 bits per heavy atom. The zero-order valence-corrected chi connectivity index (χ0v) is 26.1. The highest BCUT2D eigenvalue weighted by atomic mass is 16.3. The van der Waals surface area contributed by atoms with Gasteiger partial charge in [-0.2, -0.15) is 0 Å². The molecule has 0 aliphatic heterocycles. The van der Waals surface area contributed by atoms with Crippen molar-refractivity contribution in [2.24, 2.45) is 0 Å². The first-order chi connectivity index (χ1) is 21.0. The Morgan fingerprint density at radius 2 is 0.907 bits per heavy atom. The van der Waals surface area contributed by atoms with E-state index in [1.165, 1.54) is 60.8 Å². The van der Waals surface area contributed by atoms with Crippen molar-refractivity contribution >= 4 is 0 Å². The van der Waals surface area contributed by atoms with Crippen molar-refractivity contribution in [3.8, 4) is 11.5 Å². The van der Waals surface area contributed by atoms with Crippen molar-refractivity contribution in [3.63, 3.8) is 0 Å². The van der Waals surface area contributed by atoms with E-state index in [-0.39, 0.29) is 11.8 Å². The summed E-state index contributed by atoms with van der Waals surface area (Å²) in [4.78, 5) is 0. The van der Waals surface area contributed by atoms with Gasteiger partial charge < -0.3 is 10.2 Å². The number of rotatable bonds is 8. The topological polar surface area (TPSA) is 40.5 Å². The van der Waals surface area contributed by atoms with Crippen LogP contribution in [0.3, 0.4) is 0 Å². The van der Waals surface area contributed by atoms with Crippen molar-refractivity contribution in [2.45, 2.75) is 108 Å². The van der Waals surface area contributed by atoms with E-state index in [1.807, 2.05) is 12.1 Å². The highest BCUT2D eigenvalue weighted by Crippen LogP contribution is 2.46. The summed E-state index contributed by atoms with van der Waals surface area (Å²) in [6, 6.07) is 30.2. The van der Waals surface area contributed by atoms with E-state index in [0.717, 1.165) is 47.9 Å². The van der Waals surface area contributed by atoms with Gasteiger partial charge in [0.1, 0.15) is 11.5 Å². The summed E-state index contributed by atoms with van der Waals surface area (Å²) in [5.41, 5.74) is 9.62. The molecule has 0 amide bonds. The molecule has 2 fully saturated rings. The Hall–Kier alpha value is -3.52. The van der Waals surface area contributed by atoms with Crippen LogP contribution in [-0.4, -0.2) is 10.2 Å². The van der Waals surface area contributed by atoms with E-state index < -0.39 is 0 Å². The molecule has 4 aromatic rings. The average molecular weight is 573 g/mol. The van der Waals surface area contributed by atoms with Gasteiger partial charge in [-0.3, -0.25) is 0 Å². The first-order valence-corrected chi connectivity index (χ1v) is 16.8. The van der Waals surface area contributed by atoms with E-state index in [9.17, 15) is 10.2 Å². The van der Waals surface area contributed by atoms with E-state index in [2.05, 4.69) is 86.6 Å². The monoisotopic (exact) mass is 572 g/mol. The van der Waals surface area contributed by atoms with Gasteiger partial charge in [-0.15, -0.1) is 0 Å². The van der Waals surface area contributed by atoms with E-state index in [1.54, 1.807) is 0 Å². The molecule has 2 nitrogen and oxygen atoms in total. The minimum Gasteiger partial charge on any atom is -0.508 e. The second-order valence-corrected chi connectivity index (χ2v) is 13.3. The lowest BCUT2D eigenvalue weighted by atomic mass is 9.76. The largest absolute Gasteiger partial charge is 0.508 e. The van der Waals surface area contributed by atoms with Crippen LogP contribution < -0.4 is 0 Å². The molecule has 2 saturated carbocycles. The van der Waals surface area contributed by atoms with Crippen LogP contribution in [0.1, 0.15) is 146 Å². The van der Waals surface area contributed by atoms with Crippen molar-refractivity contribution in [1.29, 1.82) is 0 Å². The average Bonchev–Trinajstić information content (AvgIpc) is 3.05. The predicted octanol–water partition coefficient (Wildman–Crippen LogP) is 11.1. The van der Waals surface area contributed by atoms with E-state index in [4.69, 9.17) is 0 Å². The van der Waals surface area contributed by atoms with Gasteiger partial charge in [-0.05, 0) is 89.5 Å². The smallest absolute Gasteiger partial charge is 0.119 e. The van der Waals surface area contributed by atoms with Crippen molar-refractivity contribution in [1.82, 2.24) is 0 Å². The number of benzene rings is 4. The van der Waals surface area contributed by atoms with Gasteiger partial charge in [0.05, 0.1) is 0 Å². The molecule has 2 heteroatoms. The molecule has 2 atom stereocenters. The van der Waals surface area contributed by atoms with Crippen LogP contribution in [0, 0.1) is 0 Å². The predicted molar refractivity (Wildman–Crippen MR) is 179 cm³/mol. The van der Waals surface area contributed by atoms with Crippen LogP contribution in [0.15, 0.2) is 84.9 Å². The maximum Gasteiger partial charge on any atom is 0.119 e. The zero-order chi connectivity index (χ0) is 29.8. The Morgan fingerprint density at radius 1 is 0.535 bits per heavy atom. The normalized spacial score (nSPS) is 17.9. The molecule has 2 aliphatic carbocycles. The summed E-state index contributed by atoms with van der Waals surface area (Å²) in [5, 5.41) is 23.2. The molecule has 0 heterocycles. The number of phenolic OH excluding ortho intramolecular Hbond substituents is 2. The molecule has 6 rings (SSSR count). The van der Waals surface area contributed by atoms with E-state index in [0.29, 0.717) is 29.8 Å². The number of phenols is 2. The Balaban J connectivity index is 1.41. The molecule has 2 N–H and O–H groups in total. The minimum absolute atomic E-state index is 0.194. The van der Waals surface area contributed by atoms with Gasteiger partial charge in [0.15, 0.2) is 0 Å². The van der Waals surface area contributed by atoms with Gasteiger partial charge in [-0.25, -0.2) is 0 Å². The zero-order valence-electron chi connectivity index (χ0n) is 26.1. The molecule has 0 spiro atoms. The summed E-state index contributed by atoms with van der Waals surface area (Å²) in [6.45, 7) is 4.56. The van der Waals surface area contributed by atoms with Crippen LogP contribution in [-0.2, 0) is 6.42 Å². The molecule has 4 aromatic carbocycles. The van der Waals surface area contributed by atoms with Crippen LogP contribution >= 0.6 is 0 Å². The van der Waals surface area contributed by atoms with Crippen molar-refractivity contribution < 1.29 is 10.2 Å². The number of aromatic hydroxyl groups is 2. The third-order valence-corrected chi connectivity index (χ3v) is 10.5. The molecule has 0 aromatic heterocycles. The third-order valence-electron chi connectivity index (χ3n) is 10.5. The summed E-state index contributed by atoms with van der Waals surface area (Å²) < 4.78 is 0. The van der Waals surface area contributed by atoms with Crippen LogP contribution in [0.25, 0.3) is 0 Å². The lowest BCUT2D eigenvalue weighted by Gasteiger charge is -2.29. The van der Waals surface area contributed by atoms with Gasteiger partial charge in [0.25, 0.3) is 0 Å². The molecule has 0 saturated heterocycles. The maximum atomic E-state index is 11.6. The molecule has 2 aliphatic rings. The molecule has 224 valence electrons. The van der Waals surface area contributed by atoms with Crippen LogP contribution in [0.4, 0.5) is 0 Å².